The summed E-state index contributed by atoms with van der Waals surface area (Å²) < 4.78 is 7.11. The summed E-state index contributed by atoms with van der Waals surface area (Å²) in [5.41, 5.74) is 0.883. The Kier molecular flexibility index (Phi) is 4.90. The van der Waals surface area contributed by atoms with Crippen LogP contribution in [0.1, 0.15) is 22.0 Å². The Balaban J connectivity index is 1.73. The Hall–Kier alpha value is -3.00. The number of nitrogens with zero attached hydrogens (tertiary/aromatic N) is 3. The van der Waals surface area contributed by atoms with E-state index in [2.05, 4.69) is 20.5 Å². The minimum atomic E-state index is -0.335. The number of aryl methyl sites for hydroxylation is 1. The van der Waals surface area contributed by atoms with Gasteiger partial charge in [-0.15, -0.1) is 0 Å². The molecule has 1 amide bonds. The lowest BCUT2D eigenvalue weighted by Crippen LogP contribution is -2.30. The van der Waals surface area contributed by atoms with Crippen molar-refractivity contribution in [2.75, 3.05) is 13.7 Å². The number of carbonyl (C=O) groups is 1. The summed E-state index contributed by atoms with van der Waals surface area (Å²) >= 11 is 0. The van der Waals surface area contributed by atoms with E-state index >= 15 is 0 Å². The number of hydrogen-bond acceptors (Lipinski definition) is 5. The number of aromatic amines is 1. The number of hydrogen-bond donors (Lipinski definition) is 2. The van der Waals surface area contributed by atoms with Gasteiger partial charge in [-0.25, -0.2) is 10.1 Å². The quantitative estimate of drug-likeness (QED) is 0.696. The highest BCUT2D eigenvalue weighted by atomic mass is 16.5. The number of imidazole rings is 1. The van der Waals surface area contributed by atoms with Gasteiger partial charge in [0.05, 0.1) is 5.39 Å². The molecule has 0 saturated heterocycles. The maximum absolute atomic E-state index is 12.4. The number of fused-ring (bicyclic) bond motifs is 1. The molecule has 0 aliphatic rings. The number of amides is 1. The Morgan fingerprint density at radius 1 is 1.32 bits per heavy atom. The molecule has 0 atom stereocenters. The van der Waals surface area contributed by atoms with Crippen LogP contribution in [0.3, 0.4) is 0 Å². The van der Waals surface area contributed by atoms with Gasteiger partial charge in [0.2, 0.25) is 0 Å². The molecule has 130 valence electrons. The van der Waals surface area contributed by atoms with Crippen molar-refractivity contribution in [3.8, 4) is 0 Å². The number of H-pyrrole nitrogens is 1. The lowest BCUT2D eigenvalue weighted by atomic mass is 10.1. The second kappa shape index (κ2) is 7.27. The first-order valence-electron chi connectivity index (χ1n) is 7.87. The van der Waals surface area contributed by atoms with Crippen molar-refractivity contribution in [3.63, 3.8) is 0 Å². The Labute approximate surface area is 143 Å². The fraction of sp³-hybridized carbons (Fsp3) is 0.294. The molecular formula is C17H19N5O3. The first kappa shape index (κ1) is 16.8. The Morgan fingerprint density at radius 3 is 2.84 bits per heavy atom. The number of rotatable bonds is 6. The molecule has 8 nitrogen and oxygen atoms in total. The topological polar surface area (TPSA) is 102 Å². The number of benzene rings is 1. The summed E-state index contributed by atoms with van der Waals surface area (Å²) in [6, 6.07) is 6.90. The van der Waals surface area contributed by atoms with E-state index in [1.165, 1.54) is 0 Å². The summed E-state index contributed by atoms with van der Waals surface area (Å²) in [4.78, 5) is 28.5. The van der Waals surface area contributed by atoms with Gasteiger partial charge in [-0.2, -0.15) is 5.10 Å². The standard InChI is InChI=1S/C17H19N5O3/c1-11-9-19-14(10-25-2)22(11)8-7-18-17(24)15-12-5-3-4-6-13(12)16(23)21-20-15/h3-6,9H,7-8,10H2,1-2H3,(H,18,24)(H,21,23). The monoisotopic (exact) mass is 341 g/mol. The van der Waals surface area contributed by atoms with E-state index in [4.69, 9.17) is 4.74 Å². The first-order chi connectivity index (χ1) is 12.1. The Morgan fingerprint density at radius 2 is 2.08 bits per heavy atom. The summed E-state index contributed by atoms with van der Waals surface area (Å²) in [6.07, 6.45) is 1.77. The average Bonchev–Trinajstić information content (AvgIpc) is 2.96. The van der Waals surface area contributed by atoms with E-state index in [0.29, 0.717) is 30.5 Å². The van der Waals surface area contributed by atoms with Crippen LogP contribution in [0, 0.1) is 6.92 Å². The van der Waals surface area contributed by atoms with Gasteiger partial charge in [-0.1, -0.05) is 18.2 Å². The molecule has 2 aromatic heterocycles. The van der Waals surface area contributed by atoms with Crippen molar-refractivity contribution in [1.82, 2.24) is 25.1 Å². The molecule has 3 aromatic rings. The molecule has 0 fully saturated rings. The molecule has 0 spiro atoms. The second-order valence-electron chi connectivity index (χ2n) is 5.60. The largest absolute Gasteiger partial charge is 0.377 e. The highest BCUT2D eigenvalue weighted by molar-refractivity contribution is 6.04. The van der Waals surface area contributed by atoms with Crippen molar-refractivity contribution in [1.29, 1.82) is 0 Å². The van der Waals surface area contributed by atoms with E-state index in [-0.39, 0.29) is 17.2 Å². The third-order valence-electron chi connectivity index (χ3n) is 3.94. The highest BCUT2D eigenvalue weighted by Gasteiger charge is 2.14. The third-order valence-corrected chi connectivity index (χ3v) is 3.94. The van der Waals surface area contributed by atoms with Crippen LogP contribution in [-0.4, -0.2) is 39.3 Å². The minimum absolute atomic E-state index is 0.203. The van der Waals surface area contributed by atoms with E-state index in [1.807, 2.05) is 11.5 Å². The van der Waals surface area contributed by atoms with Gasteiger partial charge in [0.25, 0.3) is 11.5 Å². The summed E-state index contributed by atoms with van der Waals surface area (Å²) in [5.74, 6) is 0.473. The molecule has 0 aliphatic heterocycles. The normalized spacial score (nSPS) is 11.0. The minimum Gasteiger partial charge on any atom is -0.377 e. The predicted octanol–water partition coefficient (Wildman–Crippen LogP) is 1.00. The van der Waals surface area contributed by atoms with Crippen LogP contribution in [0.25, 0.3) is 10.8 Å². The lowest BCUT2D eigenvalue weighted by Gasteiger charge is -2.11. The van der Waals surface area contributed by atoms with Crippen LogP contribution < -0.4 is 10.9 Å². The summed E-state index contributed by atoms with van der Waals surface area (Å²) in [5, 5.41) is 10.1. The van der Waals surface area contributed by atoms with Gasteiger partial charge >= 0.3 is 0 Å². The summed E-state index contributed by atoms with van der Waals surface area (Å²) in [7, 11) is 1.61. The molecule has 0 bridgehead atoms. The summed E-state index contributed by atoms with van der Waals surface area (Å²) in [6.45, 7) is 3.33. The lowest BCUT2D eigenvalue weighted by molar-refractivity contribution is 0.0947. The van der Waals surface area contributed by atoms with E-state index < -0.39 is 0 Å². The zero-order chi connectivity index (χ0) is 17.8. The van der Waals surface area contributed by atoms with E-state index in [9.17, 15) is 9.59 Å². The van der Waals surface area contributed by atoms with E-state index in [0.717, 1.165) is 11.5 Å². The molecule has 2 heterocycles. The van der Waals surface area contributed by atoms with Gasteiger partial charge < -0.3 is 14.6 Å². The maximum Gasteiger partial charge on any atom is 0.272 e. The van der Waals surface area contributed by atoms with Crippen molar-refractivity contribution < 1.29 is 9.53 Å². The SMILES string of the molecule is COCc1ncc(C)n1CCNC(=O)c1n[nH]c(=O)c2ccccc12. The molecule has 2 N–H and O–H groups in total. The molecule has 0 saturated carbocycles. The van der Waals surface area contributed by atoms with Crippen molar-refractivity contribution in [3.05, 3.63) is 58.0 Å². The predicted molar refractivity (Wildman–Crippen MR) is 92.4 cm³/mol. The molecule has 1 aromatic carbocycles. The number of aromatic nitrogens is 4. The van der Waals surface area contributed by atoms with Gasteiger partial charge in [-0.05, 0) is 13.0 Å². The molecule has 0 aliphatic carbocycles. The van der Waals surface area contributed by atoms with Crippen LogP contribution in [0.15, 0.2) is 35.3 Å². The van der Waals surface area contributed by atoms with Crippen LogP contribution in [0.4, 0.5) is 0 Å². The van der Waals surface area contributed by atoms with E-state index in [1.54, 1.807) is 37.6 Å². The second-order valence-corrected chi connectivity index (χ2v) is 5.60. The van der Waals surface area contributed by atoms with Gasteiger partial charge in [0, 0.05) is 37.5 Å². The van der Waals surface area contributed by atoms with Gasteiger partial charge in [0.1, 0.15) is 12.4 Å². The van der Waals surface area contributed by atoms with Gasteiger partial charge in [-0.3, -0.25) is 9.59 Å². The molecule has 0 radical (unpaired) electrons. The van der Waals surface area contributed by atoms with Crippen LogP contribution >= 0.6 is 0 Å². The third kappa shape index (κ3) is 3.43. The van der Waals surface area contributed by atoms with Crippen molar-refractivity contribution in [2.24, 2.45) is 0 Å². The van der Waals surface area contributed by atoms with Crippen LogP contribution in [0.5, 0.6) is 0 Å². The van der Waals surface area contributed by atoms with Crippen molar-refractivity contribution in [2.45, 2.75) is 20.1 Å². The number of carbonyl (C=O) groups excluding carboxylic acids is 1. The zero-order valence-electron chi connectivity index (χ0n) is 14.1. The van der Waals surface area contributed by atoms with Crippen LogP contribution in [0.2, 0.25) is 0 Å². The van der Waals surface area contributed by atoms with Crippen molar-refractivity contribution >= 4 is 16.7 Å². The molecule has 8 heteroatoms. The number of methoxy groups -OCH3 is 1. The fourth-order valence-electron chi connectivity index (χ4n) is 2.71. The fourth-order valence-corrected chi connectivity index (χ4v) is 2.71. The Bertz CT molecular complexity index is 960. The average molecular weight is 341 g/mol. The van der Waals surface area contributed by atoms with Gasteiger partial charge in [0.15, 0.2) is 5.69 Å². The smallest absolute Gasteiger partial charge is 0.272 e. The number of ether oxygens (including phenoxy) is 1. The maximum atomic E-state index is 12.4. The zero-order valence-corrected chi connectivity index (χ0v) is 14.1. The molecule has 3 rings (SSSR count). The number of nitrogens with one attached hydrogen (secondary N) is 2. The molecule has 0 unspecified atom stereocenters. The molecular weight excluding hydrogens is 322 g/mol. The first-order valence-corrected chi connectivity index (χ1v) is 7.87. The molecule has 25 heavy (non-hydrogen) atoms. The van der Waals surface area contributed by atoms with Crippen LogP contribution in [-0.2, 0) is 17.9 Å². The highest BCUT2D eigenvalue weighted by Crippen LogP contribution is 2.12.